The molecule has 0 aromatic heterocycles. The zero-order chi connectivity index (χ0) is 13.2. The van der Waals surface area contributed by atoms with Gasteiger partial charge in [0, 0.05) is 18.5 Å². The molecule has 0 radical (unpaired) electrons. The van der Waals surface area contributed by atoms with Crippen LogP contribution in [0.15, 0.2) is 18.2 Å². The zero-order valence-electron chi connectivity index (χ0n) is 11.0. The summed E-state index contributed by atoms with van der Waals surface area (Å²) in [7, 11) is 1.68. The summed E-state index contributed by atoms with van der Waals surface area (Å²) in [4.78, 5) is 12.0. The maximum Gasteiger partial charge on any atom is 0.227 e. The predicted octanol–water partition coefficient (Wildman–Crippen LogP) is 2.47. The fourth-order valence-corrected chi connectivity index (χ4v) is 2.30. The maximum absolute atomic E-state index is 12.0. The first-order valence-corrected chi connectivity index (χ1v) is 6.26. The van der Waals surface area contributed by atoms with E-state index in [4.69, 9.17) is 10.5 Å². The second-order valence-corrected chi connectivity index (χ2v) is 4.99. The van der Waals surface area contributed by atoms with Crippen molar-refractivity contribution >= 4 is 17.3 Å². The van der Waals surface area contributed by atoms with Crippen LogP contribution in [0.3, 0.4) is 0 Å². The van der Waals surface area contributed by atoms with Gasteiger partial charge in [-0.25, -0.2) is 0 Å². The lowest BCUT2D eigenvalue weighted by molar-refractivity contribution is -0.129. The second-order valence-electron chi connectivity index (χ2n) is 4.99. The number of rotatable bonds is 4. The predicted molar refractivity (Wildman–Crippen MR) is 72.4 cm³/mol. The molecule has 1 aromatic carbocycles. The first kappa shape index (κ1) is 12.9. The molecule has 3 N–H and O–H groups in total. The van der Waals surface area contributed by atoms with Crippen LogP contribution >= 0.6 is 0 Å². The zero-order valence-corrected chi connectivity index (χ0v) is 11.0. The molecule has 0 unspecified atom stereocenters. The van der Waals surface area contributed by atoms with Crippen molar-refractivity contribution in [2.24, 2.45) is 0 Å². The van der Waals surface area contributed by atoms with Gasteiger partial charge in [-0.3, -0.25) is 4.79 Å². The van der Waals surface area contributed by atoms with Crippen molar-refractivity contribution in [3.63, 3.8) is 0 Å². The molecule has 1 aliphatic carbocycles. The van der Waals surface area contributed by atoms with Crippen LogP contribution in [-0.2, 0) is 9.53 Å². The molecule has 4 heteroatoms. The minimum atomic E-state index is -0.238. The van der Waals surface area contributed by atoms with E-state index in [9.17, 15) is 4.79 Å². The number of benzene rings is 1. The van der Waals surface area contributed by atoms with Crippen molar-refractivity contribution in [3.8, 4) is 0 Å². The number of nitrogens with one attached hydrogen (secondary N) is 1. The normalized spacial score (nSPS) is 17.0. The van der Waals surface area contributed by atoms with E-state index in [0.717, 1.165) is 30.5 Å². The van der Waals surface area contributed by atoms with Gasteiger partial charge in [0.25, 0.3) is 0 Å². The Morgan fingerprint density at radius 3 is 2.78 bits per heavy atom. The Balaban J connectivity index is 2.01. The molecule has 98 valence electrons. The van der Waals surface area contributed by atoms with Crippen LogP contribution in [0, 0.1) is 6.92 Å². The lowest BCUT2D eigenvalue weighted by Crippen LogP contribution is -2.42. The van der Waals surface area contributed by atoms with Crippen LogP contribution in [0.5, 0.6) is 0 Å². The molecular weight excluding hydrogens is 228 g/mol. The van der Waals surface area contributed by atoms with E-state index in [-0.39, 0.29) is 11.5 Å². The lowest BCUT2D eigenvalue weighted by atomic mass is 9.77. The highest BCUT2D eigenvalue weighted by Crippen LogP contribution is 2.38. The molecule has 1 amide bonds. The molecule has 0 saturated heterocycles. The van der Waals surface area contributed by atoms with E-state index in [1.54, 1.807) is 7.11 Å². The average Bonchev–Trinajstić information content (AvgIpc) is 2.30. The molecule has 1 aromatic rings. The van der Waals surface area contributed by atoms with E-state index >= 15 is 0 Å². The number of ether oxygens (including phenoxy) is 1. The number of carbonyl (C=O) groups excluding carboxylic acids is 1. The van der Waals surface area contributed by atoms with Gasteiger partial charge in [-0.05, 0) is 43.9 Å². The SMILES string of the molecule is COC1(CC(=O)Nc2cccc(N)c2C)CCC1. The Labute approximate surface area is 108 Å². The number of methoxy groups -OCH3 is 1. The molecule has 0 spiro atoms. The van der Waals surface area contributed by atoms with Gasteiger partial charge in [0.2, 0.25) is 5.91 Å². The van der Waals surface area contributed by atoms with E-state index in [1.165, 1.54) is 0 Å². The standard InChI is InChI=1S/C14H20N2O2/c1-10-11(15)5-3-6-12(10)16-13(17)9-14(18-2)7-4-8-14/h3,5-6H,4,7-9,15H2,1-2H3,(H,16,17). The number of nitrogens with two attached hydrogens (primary N) is 1. The van der Waals surface area contributed by atoms with Crippen LogP contribution in [0.1, 0.15) is 31.2 Å². The third kappa shape index (κ3) is 2.48. The van der Waals surface area contributed by atoms with Gasteiger partial charge < -0.3 is 15.8 Å². The summed E-state index contributed by atoms with van der Waals surface area (Å²) in [6.07, 6.45) is 3.48. The largest absolute Gasteiger partial charge is 0.398 e. The van der Waals surface area contributed by atoms with Crippen molar-refractivity contribution in [1.82, 2.24) is 0 Å². The molecule has 2 rings (SSSR count). The van der Waals surface area contributed by atoms with Crippen LogP contribution in [0.25, 0.3) is 0 Å². The van der Waals surface area contributed by atoms with E-state index in [0.29, 0.717) is 12.1 Å². The highest BCUT2D eigenvalue weighted by molar-refractivity contribution is 5.93. The molecule has 1 fully saturated rings. The monoisotopic (exact) mass is 248 g/mol. The summed E-state index contributed by atoms with van der Waals surface area (Å²) in [5.74, 6) is -0.00903. The first-order chi connectivity index (χ1) is 8.56. The summed E-state index contributed by atoms with van der Waals surface area (Å²) >= 11 is 0. The molecule has 18 heavy (non-hydrogen) atoms. The Bertz CT molecular complexity index is 448. The van der Waals surface area contributed by atoms with Gasteiger partial charge in [-0.2, -0.15) is 0 Å². The van der Waals surface area contributed by atoms with Gasteiger partial charge in [0.1, 0.15) is 0 Å². The molecule has 4 nitrogen and oxygen atoms in total. The lowest BCUT2D eigenvalue weighted by Gasteiger charge is -2.39. The molecule has 0 atom stereocenters. The van der Waals surface area contributed by atoms with E-state index in [1.807, 2.05) is 25.1 Å². The number of nitrogen functional groups attached to an aromatic ring is 1. The summed E-state index contributed by atoms with van der Waals surface area (Å²) in [6.45, 7) is 1.90. The van der Waals surface area contributed by atoms with Crippen molar-refractivity contribution < 1.29 is 9.53 Å². The topological polar surface area (TPSA) is 64.3 Å². The molecule has 0 heterocycles. The van der Waals surface area contributed by atoms with Crippen LogP contribution in [0.2, 0.25) is 0 Å². The molecule has 1 saturated carbocycles. The van der Waals surface area contributed by atoms with Crippen LogP contribution in [0.4, 0.5) is 11.4 Å². The molecule has 0 aliphatic heterocycles. The maximum atomic E-state index is 12.0. The van der Waals surface area contributed by atoms with Crippen LogP contribution in [-0.4, -0.2) is 18.6 Å². The number of carbonyl (C=O) groups is 1. The van der Waals surface area contributed by atoms with Gasteiger partial charge >= 0.3 is 0 Å². The summed E-state index contributed by atoms with van der Waals surface area (Å²) < 4.78 is 5.45. The first-order valence-electron chi connectivity index (χ1n) is 6.26. The fraction of sp³-hybridized carbons (Fsp3) is 0.500. The quantitative estimate of drug-likeness (QED) is 0.804. The van der Waals surface area contributed by atoms with Gasteiger partial charge in [0.05, 0.1) is 12.0 Å². The Morgan fingerprint density at radius 1 is 1.50 bits per heavy atom. The highest BCUT2D eigenvalue weighted by atomic mass is 16.5. The summed E-state index contributed by atoms with van der Waals surface area (Å²) in [5.41, 5.74) is 7.96. The highest BCUT2D eigenvalue weighted by Gasteiger charge is 2.39. The second kappa shape index (κ2) is 4.98. The van der Waals surface area contributed by atoms with Crippen molar-refractivity contribution in [2.75, 3.05) is 18.2 Å². The third-order valence-electron chi connectivity index (χ3n) is 3.83. The number of hydrogen-bond acceptors (Lipinski definition) is 3. The fourth-order valence-electron chi connectivity index (χ4n) is 2.30. The van der Waals surface area contributed by atoms with Crippen LogP contribution < -0.4 is 11.1 Å². The molecule has 0 bridgehead atoms. The minimum Gasteiger partial charge on any atom is -0.398 e. The summed E-state index contributed by atoms with van der Waals surface area (Å²) in [6, 6.07) is 5.53. The number of hydrogen-bond donors (Lipinski definition) is 2. The van der Waals surface area contributed by atoms with E-state index in [2.05, 4.69) is 5.32 Å². The van der Waals surface area contributed by atoms with Gasteiger partial charge in [0.15, 0.2) is 0 Å². The Morgan fingerprint density at radius 2 is 2.22 bits per heavy atom. The van der Waals surface area contributed by atoms with Gasteiger partial charge in [-0.15, -0.1) is 0 Å². The minimum absolute atomic E-state index is 0.00903. The third-order valence-corrected chi connectivity index (χ3v) is 3.83. The van der Waals surface area contributed by atoms with Crippen molar-refractivity contribution in [1.29, 1.82) is 0 Å². The smallest absolute Gasteiger partial charge is 0.227 e. The number of anilines is 2. The molecule has 1 aliphatic rings. The van der Waals surface area contributed by atoms with Crippen molar-refractivity contribution in [3.05, 3.63) is 23.8 Å². The van der Waals surface area contributed by atoms with Crippen molar-refractivity contribution in [2.45, 2.75) is 38.2 Å². The Hall–Kier alpha value is -1.55. The summed E-state index contributed by atoms with van der Waals surface area (Å²) in [5, 5.41) is 2.91. The molecular formula is C14H20N2O2. The van der Waals surface area contributed by atoms with Gasteiger partial charge in [-0.1, -0.05) is 6.07 Å². The Kier molecular flexibility index (Phi) is 3.57. The average molecular weight is 248 g/mol. The van der Waals surface area contributed by atoms with E-state index < -0.39 is 0 Å². The number of amides is 1.